The molecule has 0 unspecified atom stereocenters. The van der Waals surface area contributed by atoms with Crippen LogP contribution in [0.5, 0.6) is 11.5 Å². The van der Waals surface area contributed by atoms with Crippen molar-refractivity contribution in [2.75, 3.05) is 5.43 Å². The van der Waals surface area contributed by atoms with Gasteiger partial charge in [0.15, 0.2) is 5.82 Å². The molecule has 6 nitrogen and oxygen atoms in total. The molecule has 3 rings (SSSR count). The highest BCUT2D eigenvalue weighted by Gasteiger charge is 2.02. The van der Waals surface area contributed by atoms with E-state index in [2.05, 4.69) is 20.7 Å². The SMILES string of the molecule is Oc1ccc(O)c(/C=N/Nc2nncc3ccccc23)c1. The van der Waals surface area contributed by atoms with E-state index in [-0.39, 0.29) is 11.5 Å². The third-order valence-corrected chi connectivity index (χ3v) is 2.96. The fourth-order valence-electron chi connectivity index (χ4n) is 1.92. The highest BCUT2D eigenvalue weighted by Crippen LogP contribution is 2.21. The van der Waals surface area contributed by atoms with Crippen molar-refractivity contribution in [3.8, 4) is 11.5 Å². The molecule has 3 N–H and O–H groups in total. The third kappa shape index (κ3) is 2.74. The van der Waals surface area contributed by atoms with Crippen LogP contribution in [0.3, 0.4) is 0 Å². The van der Waals surface area contributed by atoms with Gasteiger partial charge in [0.05, 0.1) is 12.4 Å². The summed E-state index contributed by atoms with van der Waals surface area (Å²) in [7, 11) is 0. The van der Waals surface area contributed by atoms with Gasteiger partial charge >= 0.3 is 0 Å². The van der Waals surface area contributed by atoms with Crippen LogP contribution in [0.4, 0.5) is 5.82 Å². The quantitative estimate of drug-likeness (QED) is 0.389. The zero-order valence-electron chi connectivity index (χ0n) is 10.9. The maximum atomic E-state index is 9.65. The Bertz CT molecular complexity index is 812. The number of benzene rings is 2. The van der Waals surface area contributed by atoms with Crippen molar-refractivity contribution in [3.63, 3.8) is 0 Å². The summed E-state index contributed by atoms with van der Waals surface area (Å²) in [6, 6.07) is 11.9. The molecule has 0 atom stereocenters. The summed E-state index contributed by atoms with van der Waals surface area (Å²) in [5.41, 5.74) is 3.18. The average molecular weight is 280 g/mol. The van der Waals surface area contributed by atoms with Gasteiger partial charge in [-0.15, -0.1) is 5.10 Å². The molecule has 104 valence electrons. The minimum absolute atomic E-state index is 0.0300. The molecule has 1 heterocycles. The Kier molecular flexibility index (Phi) is 3.34. The van der Waals surface area contributed by atoms with Crippen LogP contribution in [0.15, 0.2) is 53.8 Å². The van der Waals surface area contributed by atoms with Crippen LogP contribution in [-0.4, -0.2) is 26.6 Å². The second-order valence-corrected chi connectivity index (χ2v) is 4.39. The van der Waals surface area contributed by atoms with Gasteiger partial charge in [0.1, 0.15) is 11.5 Å². The maximum absolute atomic E-state index is 9.65. The van der Waals surface area contributed by atoms with Gasteiger partial charge in [0, 0.05) is 16.3 Å². The van der Waals surface area contributed by atoms with Crippen LogP contribution in [0.1, 0.15) is 5.56 Å². The molecule has 0 aliphatic rings. The number of nitrogens with one attached hydrogen (secondary N) is 1. The van der Waals surface area contributed by atoms with E-state index in [4.69, 9.17) is 0 Å². The molecular weight excluding hydrogens is 268 g/mol. The van der Waals surface area contributed by atoms with Crippen LogP contribution >= 0.6 is 0 Å². The first kappa shape index (κ1) is 12.9. The molecule has 0 amide bonds. The number of hydrogen-bond acceptors (Lipinski definition) is 6. The molecule has 0 saturated heterocycles. The first-order valence-electron chi connectivity index (χ1n) is 6.25. The van der Waals surface area contributed by atoms with Gasteiger partial charge in [0.25, 0.3) is 0 Å². The maximum Gasteiger partial charge on any atom is 0.176 e. The molecule has 21 heavy (non-hydrogen) atoms. The number of phenolic OH excluding ortho intramolecular Hbond substituents is 2. The number of aromatic nitrogens is 2. The van der Waals surface area contributed by atoms with E-state index in [0.717, 1.165) is 10.8 Å². The first-order valence-corrected chi connectivity index (χ1v) is 6.25. The molecule has 0 spiro atoms. The lowest BCUT2D eigenvalue weighted by molar-refractivity contribution is 0.459. The lowest BCUT2D eigenvalue weighted by atomic mass is 10.2. The van der Waals surface area contributed by atoms with E-state index in [0.29, 0.717) is 11.4 Å². The lowest BCUT2D eigenvalue weighted by Crippen LogP contribution is -1.96. The predicted octanol–water partition coefficient (Wildman–Crippen LogP) is 2.49. The smallest absolute Gasteiger partial charge is 0.176 e. The van der Waals surface area contributed by atoms with Crippen molar-refractivity contribution in [2.45, 2.75) is 0 Å². The number of phenols is 2. The number of aromatic hydroxyl groups is 2. The Labute approximate surface area is 120 Å². The van der Waals surface area contributed by atoms with Crippen LogP contribution in [0, 0.1) is 0 Å². The summed E-state index contributed by atoms with van der Waals surface area (Å²) in [6.07, 6.45) is 3.07. The number of hydrazone groups is 1. The van der Waals surface area contributed by atoms with Crippen molar-refractivity contribution in [3.05, 3.63) is 54.2 Å². The van der Waals surface area contributed by atoms with E-state index < -0.39 is 0 Å². The number of rotatable bonds is 3. The molecule has 1 aromatic heterocycles. The second kappa shape index (κ2) is 5.46. The van der Waals surface area contributed by atoms with E-state index in [1.807, 2.05) is 24.3 Å². The molecule has 3 aromatic rings. The van der Waals surface area contributed by atoms with Crippen molar-refractivity contribution in [1.82, 2.24) is 10.2 Å². The van der Waals surface area contributed by atoms with Crippen molar-refractivity contribution >= 4 is 22.8 Å². The van der Waals surface area contributed by atoms with Crippen LogP contribution in [0.25, 0.3) is 10.8 Å². The number of fused-ring (bicyclic) bond motifs is 1. The van der Waals surface area contributed by atoms with Gasteiger partial charge < -0.3 is 10.2 Å². The minimum atomic E-state index is 0.0300. The lowest BCUT2D eigenvalue weighted by Gasteiger charge is -2.03. The largest absolute Gasteiger partial charge is 0.508 e. The Morgan fingerprint density at radius 3 is 2.86 bits per heavy atom. The molecule has 2 aromatic carbocycles. The highest BCUT2D eigenvalue weighted by atomic mass is 16.3. The molecule has 0 saturated carbocycles. The van der Waals surface area contributed by atoms with Crippen molar-refractivity contribution in [1.29, 1.82) is 0 Å². The summed E-state index contributed by atoms with van der Waals surface area (Å²) in [4.78, 5) is 0. The molecule has 0 aliphatic carbocycles. The molecular formula is C15H12N4O2. The highest BCUT2D eigenvalue weighted by molar-refractivity contribution is 5.91. The normalized spacial score (nSPS) is 11.0. The Balaban J connectivity index is 1.86. The van der Waals surface area contributed by atoms with E-state index in [1.165, 1.54) is 24.4 Å². The van der Waals surface area contributed by atoms with Crippen LogP contribution in [-0.2, 0) is 0 Å². The zero-order chi connectivity index (χ0) is 14.7. The summed E-state index contributed by atoms with van der Waals surface area (Å²) in [6.45, 7) is 0. The third-order valence-electron chi connectivity index (χ3n) is 2.96. The van der Waals surface area contributed by atoms with Crippen molar-refractivity contribution < 1.29 is 10.2 Å². The molecule has 0 aliphatic heterocycles. The Hall–Kier alpha value is -3.15. The molecule has 0 bridgehead atoms. The number of hydrogen-bond donors (Lipinski definition) is 3. The Morgan fingerprint density at radius 1 is 1.10 bits per heavy atom. The Morgan fingerprint density at radius 2 is 1.95 bits per heavy atom. The number of anilines is 1. The summed E-state index contributed by atoms with van der Waals surface area (Å²) < 4.78 is 0. The minimum Gasteiger partial charge on any atom is -0.508 e. The van der Waals surface area contributed by atoms with E-state index in [1.54, 1.807) is 6.20 Å². The standard InChI is InChI=1S/C15H12N4O2/c20-12-5-6-14(21)11(7-12)9-17-19-15-13-4-2-1-3-10(13)8-16-18-15/h1-9,20-21H,(H,18,19)/b17-9+. The van der Waals surface area contributed by atoms with Gasteiger partial charge in [-0.05, 0) is 18.2 Å². The first-order chi connectivity index (χ1) is 10.2. The second-order valence-electron chi connectivity index (χ2n) is 4.39. The molecule has 6 heteroatoms. The van der Waals surface area contributed by atoms with Gasteiger partial charge in [-0.1, -0.05) is 24.3 Å². The fraction of sp³-hybridized carbons (Fsp3) is 0. The predicted molar refractivity (Wildman–Crippen MR) is 80.5 cm³/mol. The van der Waals surface area contributed by atoms with Gasteiger partial charge in [-0.25, -0.2) is 0 Å². The average Bonchev–Trinajstić information content (AvgIpc) is 2.51. The van der Waals surface area contributed by atoms with Crippen molar-refractivity contribution in [2.24, 2.45) is 5.10 Å². The van der Waals surface area contributed by atoms with Gasteiger partial charge in [-0.3, -0.25) is 5.43 Å². The van der Waals surface area contributed by atoms with E-state index >= 15 is 0 Å². The molecule has 0 radical (unpaired) electrons. The van der Waals surface area contributed by atoms with E-state index in [9.17, 15) is 10.2 Å². The fourth-order valence-corrected chi connectivity index (χ4v) is 1.92. The summed E-state index contributed by atoms with van der Waals surface area (Å²) in [5.74, 6) is 0.602. The summed E-state index contributed by atoms with van der Waals surface area (Å²) >= 11 is 0. The van der Waals surface area contributed by atoms with Crippen LogP contribution in [0.2, 0.25) is 0 Å². The molecule has 0 fully saturated rings. The topological polar surface area (TPSA) is 90.6 Å². The monoisotopic (exact) mass is 280 g/mol. The zero-order valence-corrected chi connectivity index (χ0v) is 10.9. The summed E-state index contributed by atoms with van der Waals surface area (Å²) in [5, 5.41) is 32.8. The van der Waals surface area contributed by atoms with Gasteiger partial charge in [-0.2, -0.15) is 10.2 Å². The number of nitrogens with zero attached hydrogens (tertiary/aromatic N) is 3. The van der Waals surface area contributed by atoms with Crippen LogP contribution < -0.4 is 5.43 Å². The van der Waals surface area contributed by atoms with Gasteiger partial charge in [0.2, 0.25) is 0 Å².